The van der Waals surface area contributed by atoms with Crippen LogP contribution in [0.3, 0.4) is 0 Å². The normalized spacial score (nSPS) is 18.2. The second kappa shape index (κ2) is 6.09. The topological polar surface area (TPSA) is 32.3 Å². The third-order valence-corrected chi connectivity index (χ3v) is 3.98. The van der Waals surface area contributed by atoms with E-state index in [0.29, 0.717) is 0 Å². The second-order valence-electron chi connectivity index (χ2n) is 5.69. The van der Waals surface area contributed by atoms with Crippen LogP contribution < -0.4 is 5.32 Å². The third kappa shape index (κ3) is 3.49. The Morgan fingerprint density at radius 2 is 1.95 bits per heavy atom. The van der Waals surface area contributed by atoms with Crippen molar-refractivity contribution in [2.24, 2.45) is 5.92 Å². The largest absolute Gasteiger partial charge is 0.374 e. The minimum absolute atomic E-state index is 0.158. The van der Waals surface area contributed by atoms with Gasteiger partial charge in [-0.1, -0.05) is 25.1 Å². The van der Waals surface area contributed by atoms with Crippen LogP contribution in [0.15, 0.2) is 24.3 Å². The number of nitrogens with one attached hydrogen (secondary N) is 1. The fourth-order valence-electron chi connectivity index (χ4n) is 2.53. The molecule has 0 bridgehead atoms. The fourth-order valence-corrected chi connectivity index (χ4v) is 2.53. The van der Waals surface area contributed by atoms with Crippen molar-refractivity contribution in [3.8, 4) is 0 Å². The van der Waals surface area contributed by atoms with E-state index in [-0.39, 0.29) is 11.9 Å². The van der Waals surface area contributed by atoms with Crippen LogP contribution in [0.25, 0.3) is 0 Å². The summed E-state index contributed by atoms with van der Waals surface area (Å²) >= 11 is 0. The van der Waals surface area contributed by atoms with Gasteiger partial charge in [-0.2, -0.15) is 0 Å². The van der Waals surface area contributed by atoms with E-state index in [0.717, 1.165) is 37.5 Å². The molecule has 1 atom stereocenters. The number of carbonyl (C=O) groups is 1. The molecule has 3 nitrogen and oxygen atoms in total. The van der Waals surface area contributed by atoms with Crippen LogP contribution in [0.4, 0.5) is 5.69 Å². The fraction of sp³-hybridized carbons (Fsp3) is 0.562. The maximum atomic E-state index is 12.4. The number of nitrogens with zero attached hydrogens (tertiary/aromatic N) is 1. The van der Waals surface area contributed by atoms with Gasteiger partial charge in [0.05, 0.1) is 0 Å². The van der Waals surface area contributed by atoms with Gasteiger partial charge in [0.25, 0.3) is 0 Å². The van der Waals surface area contributed by atoms with Gasteiger partial charge in [-0.15, -0.1) is 0 Å². The molecule has 0 aromatic heterocycles. The lowest BCUT2D eigenvalue weighted by molar-refractivity contribution is -0.132. The lowest BCUT2D eigenvalue weighted by atomic mass is 9.99. The molecule has 104 valence electrons. The zero-order valence-electron chi connectivity index (χ0n) is 12.1. The monoisotopic (exact) mass is 260 g/mol. The van der Waals surface area contributed by atoms with Crippen molar-refractivity contribution in [2.75, 3.05) is 18.4 Å². The van der Waals surface area contributed by atoms with E-state index in [1.807, 2.05) is 30.0 Å². The van der Waals surface area contributed by atoms with Crippen LogP contribution in [-0.4, -0.2) is 29.9 Å². The number of hydrogen-bond acceptors (Lipinski definition) is 2. The zero-order valence-corrected chi connectivity index (χ0v) is 12.1. The van der Waals surface area contributed by atoms with Crippen LogP contribution in [0, 0.1) is 12.8 Å². The molecule has 2 rings (SSSR count). The number of aryl methyl sites for hydroxylation is 1. The Morgan fingerprint density at radius 3 is 2.58 bits per heavy atom. The van der Waals surface area contributed by atoms with Gasteiger partial charge < -0.3 is 10.2 Å². The minimum Gasteiger partial charge on any atom is -0.374 e. The molecule has 1 saturated heterocycles. The lowest BCUT2D eigenvalue weighted by Gasteiger charge is -2.32. The van der Waals surface area contributed by atoms with Gasteiger partial charge in [-0.05, 0) is 44.2 Å². The van der Waals surface area contributed by atoms with E-state index in [4.69, 9.17) is 0 Å². The smallest absolute Gasteiger partial charge is 0.244 e. The van der Waals surface area contributed by atoms with Crippen molar-refractivity contribution >= 4 is 11.6 Å². The Morgan fingerprint density at radius 1 is 1.32 bits per heavy atom. The Kier molecular flexibility index (Phi) is 4.46. The maximum Gasteiger partial charge on any atom is 0.244 e. The van der Waals surface area contributed by atoms with E-state index < -0.39 is 0 Å². The van der Waals surface area contributed by atoms with Gasteiger partial charge >= 0.3 is 0 Å². The predicted octanol–water partition coefficient (Wildman–Crippen LogP) is 3.05. The second-order valence-corrected chi connectivity index (χ2v) is 5.69. The first-order valence-electron chi connectivity index (χ1n) is 7.19. The summed E-state index contributed by atoms with van der Waals surface area (Å²) in [5.41, 5.74) is 2.23. The van der Waals surface area contributed by atoms with E-state index in [9.17, 15) is 4.79 Å². The van der Waals surface area contributed by atoms with Crippen molar-refractivity contribution in [1.29, 1.82) is 0 Å². The van der Waals surface area contributed by atoms with Gasteiger partial charge in [0.2, 0.25) is 5.91 Å². The summed E-state index contributed by atoms with van der Waals surface area (Å²) in [5, 5.41) is 3.33. The average Bonchev–Trinajstić information content (AvgIpc) is 2.41. The molecule has 0 radical (unpaired) electrons. The Bertz CT molecular complexity index is 436. The standard InChI is InChI=1S/C16H24N2O/c1-12-8-10-18(11-9-12)16(19)14(3)17-15-7-5-4-6-13(15)2/h4-7,12,14,17H,8-11H2,1-3H3. The van der Waals surface area contributed by atoms with Crippen LogP contribution in [0.5, 0.6) is 0 Å². The molecule has 1 aliphatic rings. The molecule has 1 aliphatic heterocycles. The molecule has 0 saturated carbocycles. The molecule has 1 heterocycles. The summed E-state index contributed by atoms with van der Waals surface area (Å²) in [7, 11) is 0. The summed E-state index contributed by atoms with van der Waals surface area (Å²) < 4.78 is 0. The summed E-state index contributed by atoms with van der Waals surface area (Å²) in [4.78, 5) is 14.4. The van der Waals surface area contributed by atoms with Gasteiger partial charge in [0, 0.05) is 18.8 Å². The summed E-state index contributed by atoms with van der Waals surface area (Å²) in [6.45, 7) is 8.07. The predicted molar refractivity (Wildman–Crippen MR) is 79.2 cm³/mol. The van der Waals surface area contributed by atoms with Crippen LogP contribution in [0.2, 0.25) is 0 Å². The average molecular weight is 260 g/mol. The van der Waals surface area contributed by atoms with Crippen LogP contribution >= 0.6 is 0 Å². The highest BCUT2D eigenvalue weighted by atomic mass is 16.2. The first kappa shape index (κ1) is 13.9. The third-order valence-electron chi connectivity index (χ3n) is 3.98. The molecular weight excluding hydrogens is 236 g/mol. The Balaban J connectivity index is 1.94. The van der Waals surface area contributed by atoms with E-state index in [1.165, 1.54) is 5.56 Å². The van der Waals surface area contributed by atoms with Gasteiger partial charge in [0.1, 0.15) is 6.04 Å². The number of para-hydroxylation sites is 1. The molecular formula is C16H24N2O. The number of amides is 1. The highest BCUT2D eigenvalue weighted by molar-refractivity contribution is 5.84. The number of anilines is 1. The number of benzene rings is 1. The molecule has 1 aromatic carbocycles. The summed E-state index contributed by atoms with van der Waals surface area (Å²) in [6.07, 6.45) is 2.26. The lowest BCUT2D eigenvalue weighted by Crippen LogP contribution is -2.45. The minimum atomic E-state index is -0.158. The zero-order chi connectivity index (χ0) is 13.8. The number of piperidine rings is 1. The van der Waals surface area contributed by atoms with E-state index >= 15 is 0 Å². The van der Waals surface area contributed by atoms with Crippen LogP contribution in [-0.2, 0) is 4.79 Å². The molecule has 0 spiro atoms. The summed E-state index contributed by atoms with van der Waals surface area (Å²) in [5.74, 6) is 0.971. The molecule has 1 fully saturated rings. The molecule has 19 heavy (non-hydrogen) atoms. The van der Waals surface area contributed by atoms with Crippen molar-refractivity contribution in [3.05, 3.63) is 29.8 Å². The molecule has 1 aromatic rings. The Hall–Kier alpha value is -1.51. The Labute approximate surface area is 116 Å². The van der Waals surface area contributed by atoms with E-state index in [2.05, 4.69) is 25.2 Å². The van der Waals surface area contributed by atoms with E-state index in [1.54, 1.807) is 0 Å². The molecule has 1 N–H and O–H groups in total. The van der Waals surface area contributed by atoms with Crippen LogP contribution in [0.1, 0.15) is 32.3 Å². The van der Waals surface area contributed by atoms with Crippen molar-refractivity contribution in [3.63, 3.8) is 0 Å². The molecule has 1 amide bonds. The van der Waals surface area contributed by atoms with Crippen molar-refractivity contribution < 1.29 is 4.79 Å². The highest BCUT2D eigenvalue weighted by Gasteiger charge is 2.24. The summed E-state index contributed by atoms with van der Waals surface area (Å²) in [6, 6.07) is 7.93. The number of carbonyl (C=O) groups excluding carboxylic acids is 1. The first-order valence-corrected chi connectivity index (χ1v) is 7.19. The van der Waals surface area contributed by atoms with Crippen molar-refractivity contribution in [2.45, 2.75) is 39.7 Å². The van der Waals surface area contributed by atoms with Crippen molar-refractivity contribution in [1.82, 2.24) is 4.90 Å². The SMILES string of the molecule is Cc1ccccc1NC(C)C(=O)N1CCC(C)CC1. The molecule has 0 aliphatic carbocycles. The number of likely N-dealkylation sites (tertiary alicyclic amines) is 1. The quantitative estimate of drug-likeness (QED) is 0.906. The highest BCUT2D eigenvalue weighted by Crippen LogP contribution is 2.19. The number of rotatable bonds is 3. The first-order chi connectivity index (χ1) is 9.08. The van der Waals surface area contributed by atoms with Gasteiger partial charge in [-0.3, -0.25) is 4.79 Å². The number of hydrogen-bond donors (Lipinski definition) is 1. The molecule has 3 heteroatoms. The van der Waals surface area contributed by atoms with Gasteiger partial charge in [0.15, 0.2) is 0 Å². The molecule has 1 unspecified atom stereocenters. The van der Waals surface area contributed by atoms with Gasteiger partial charge in [-0.25, -0.2) is 0 Å². The maximum absolute atomic E-state index is 12.4.